The number of carbonyl (C=O) groups excluding carboxylic acids is 1. The van der Waals surface area contributed by atoms with Gasteiger partial charge in [-0.2, -0.15) is 0 Å². The summed E-state index contributed by atoms with van der Waals surface area (Å²) in [5, 5.41) is 0.105. The van der Waals surface area contributed by atoms with Crippen LogP contribution in [0.25, 0.3) is 0 Å². The molecule has 1 unspecified atom stereocenters. The van der Waals surface area contributed by atoms with E-state index in [1.807, 2.05) is 48.5 Å². The zero-order valence-electron chi connectivity index (χ0n) is 16.7. The van der Waals surface area contributed by atoms with Crippen molar-refractivity contribution in [1.29, 1.82) is 0 Å². The van der Waals surface area contributed by atoms with Crippen molar-refractivity contribution in [3.8, 4) is 17.2 Å². The molecular weight excluding hydrogens is 356 g/mol. The van der Waals surface area contributed by atoms with Gasteiger partial charge in [-0.1, -0.05) is 20.8 Å². The van der Waals surface area contributed by atoms with Gasteiger partial charge in [0.05, 0.1) is 7.11 Å². The Labute approximate surface area is 165 Å². The summed E-state index contributed by atoms with van der Waals surface area (Å²) in [4.78, 5) is 13.3. The summed E-state index contributed by atoms with van der Waals surface area (Å²) in [5.74, 6) is 4.95. The summed E-state index contributed by atoms with van der Waals surface area (Å²) >= 11 is 0. The van der Waals surface area contributed by atoms with E-state index in [4.69, 9.17) is 9.47 Å². The molecule has 3 nitrogen and oxygen atoms in total. The predicted octanol–water partition coefficient (Wildman–Crippen LogP) is 5.50. The van der Waals surface area contributed by atoms with Crippen molar-refractivity contribution in [2.24, 2.45) is 5.41 Å². The number of rotatable bonds is 6. The number of hydrogen-bond donors (Lipinski definition) is 0. The largest absolute Gasteiger partial charge is 0.497 e. The summed E-state index contributed by atoms with van der Waals surface area (Å²) in [6.45, 7) is 6.59. The molecule has 3 rings (SSSR count). The molecule has 1 aliphatic heterocycles. The van der Waals surface area contributed by atoms with Crippen LogP contribution in [-0.4, -0.2) is 29.6 Å². The topological polar surface area (TPSA) is 35.5 Å². The molecule has 0 N–H and O–H groups in total. The molecule has 0 radical (unpaired) electrons. The van der Waals surface area contributed by atoms with Crippen LogP contribution in [0, 0.1) is 5.41 Å². The maximum Gasteiger partial charge on any atom is 0.215 e. The lowest BCUT2D eigenvalue weighted by Gasteiger charge is -2.27. The first-order valence-corrected chi connectivity index (χ1v) is 11.1. The van der Waals surface area contributed by atoms with Gasteiger partial charge in [0.15, 0.2) is 5.25 Å². The van der Waals surface area contributed by atoms with Gasteiger partial charge in [-0.3, -0.25) is 4.79 Å². The summed E-state index contributed by atoms with van der Waals surface area (Å²) in [5.41, 5.74) is 0.777. The van der Waals surface area contributed by atoms with Gasteiger partial charge < -0.3 is 9.47 Å². The number of methoxy groups -OCH3 is 1. The molecule has 0 amide bonds. The van der Waals surface area contributed by atoms with Crippen LogP contribution in [0.15, 0.2) is 48.5 Å². The van der Waals surface area contributed by atoms with Crippen molar-refractivity contribution in [2.75, 3.05) is 18.6 Å². The van der Waals surface area contributed by atoms with Crippen LogP contribution < -0.4 is 9.47 Å². The molecule has 27 heavy (non-hydrogen) atoms. The highest BCUT2D eigenvalue weighted by molar-refractivity contribution is 7.98. The van der Waals surface area contributed by atoms with Gasteiger partial charge in [0.2, 0.25) is 5.78 Å². The predicted molar refractivity (Wildman–Crippen MR) is 113 cm³/mol. The highest BCUT2D eigenvalue weighted by atomic mass is 32.2. The minimum Gasteiger partial charge on any atom is -0.497 e. The first-order chi connectivity index (χ1) is 12.9. The van der Waals surface area contributed by atoms with E-state index in [-0.39, 0.29) is 27.3 Å². The Hall–Kier alpha value is -1.94. The third-order valence-electron chi connectivity index (χ3n) is 4.86. The average Bonchev–Trinajstić information content (AvgIpc) is 3.16. The second kappa shape index (κ2) is 8.39. The van der Waals surface area contributed by atoms with Crippen LogP contribution in [0.1, 0.15) is 44.0 Å². The number of ketones is 1. The highest BCUT2D eigenvalue weighted by Crippen LogP contribution is 2.34. The van der Waals surface area contributed by atoms with Crippen molar-refractivity contribution in [3.05, 3.63) is 54.1 Å². The molecule has 1 atom stereocenters. The third-order valence-corrected chi connectivity index (χ3v) is 8.07. The Morgan fingerprint density at radius 1 is 0.889 bits per heavy atom. The van der Waals surface area contributed by atoms with Crippen LogP contribution in [0.2, 0.25) is 0 Å². The zero-order valence-corrected chi connectivity index (χ0v) is 17.5. The molecule has 4 heteroatoms. The molecule has 2 aromatic carbocycles. The maximum absolute atomic E-state index is 13.3. The normalized spacial score (nSPS) is 16.1. The van der Waals surface area contributed by atoms with Gasteiger partial charge in [0, 0.05) is 11.0 Å². The molecule has 1 saturated heterocycles. The molecule has 2 aromatic rings. The second-order valence-corrected chi connectivity index (χ2v) is 10.4. The zero-order chi connectivity index (χ0) is 19.4. The van der Waals surface area contributed by atoms with Gasteiger partial charge in [0.1, 0.15) is 28.8 Å². The summed E-state index contributed by atoms with van der Waals surface area (Å²) in [6, 6.07) is 15.0. The summed E-state index contributed by atoms with van der Waals surface area (Å²) < 4.78 is 11.0. The highest BCUT2D eigenvalue weighted by Gasteiger charge is 2.46. The van der Waals surface area contributed by atoms with Crippen LogP contribution in [0.5, 0.6) is 17.2 Å². The van der Waals surface area contributed by atoms with E-state index >= 15 is 0 Å². The van der Waals surface area contributed by atoms with Gasteiger partial charge in [-0.25, -0.2) is 0 Å². The fraction of sp³-hybridized carbons (Fsp3) is 0.435. The number of Topliss-reactive ketones (excluding diaryl/α,β-unsaturated/α-hetero) is 1. The van der Waals surface area contributed by atoms with E-state index in [0.717, 1.165) is 22.8 Å². The van der Waals surface area contributed by atoms with E-state index in [1.165, 1.54) is 24.3 Å². The van der Waals surface area contributed by atoms with Crippen LogP contribution in [0.3, 0.4) is 0 Å². The summed E-state index contributed by atoms with van der Waals surface area (Å²) in [7, 11) is 1.84. The SMILES string of the molecule is COc1ccc(Oc2ccc(C(=O)C([S+]3CCCC3)C(C)(C)C)cc2)cc1. The van der Waals surface area contributed by atoms with E-state index in [1.54, 1.807) is 7.11 Å². The minimum absolute atomic E-state index is 0.0111. The molecule has 0 aliphatic carbocycles. The van der Waals surface area contributed by atoms with Gasteiger partial charge in [0.25, 0.3) is 0 Å². The Morgan fingerprint density at radius 3 is 1.85 bits per heavy atom. The first-order valence-electron chi connectivity index (χ1n) is 9.51. The van der Waals surface area contributed by atoms with Crippen LogP contribution in [0.4, 0.5) is 0 Å². The Balaban J connectivity index is 1.73. The van der Waals surface area contributed by atoms with Crippen molar-refractivity contribution in [2.45, 2.75) is 38.9 Å². The monoisotopic (exact) mass is 385 g/mol. The molecule has 0 saturated carbocycles. The molecule has 144 valence electrons. The Bertz CT molecular complexity index is 754. The van der Waals surface area contributed by atoms with Crippen molar-refractivity contribution in [1.82, 2.24) is 0 Å². The number of ether oxygens (including phenoxy) is 2. The lowest BCUT2D eigenvalue weighted by molar-refractivity contribution is 0.0949. The lowest BCUT2D eigenvalue weighted by Crippen LogP contribution is -2.42. The fourth-order valence-electron chi connectivity index (χ4n) is 3.58. The van der Waals surface area contributed by atoms with Crippen LogP contribution >= 0.6 is 0 Å². The van der Waals surface area contributed by atoms with E-state index in [2.05, 4.69) is 20.8 Å². The van der Waals surface area contributed by atoms with E-state index in [9.17, 15) is 4.79 Å². The standard InChI is InChI=1S/C23H29O3S/c1-23(2,3)22(27-15-5-6-16-27)21(24)17-7-9-19(10-8-17)26-20-13-11-18(25-4)12-14-20/h7-14,22H,5-6,15-16H2,1-4H3/q+1. The smallest absolute Gasteiger partial charge is 0.215 e. The van der Waals surface area contributed by atoms with Crippen molar-refractivity contribution in [3.63, 3.8) is 0 Å². The van der Waals surface area contributed by atoms with E-state index < -0.39 is 0 Å². The maximum atomic E-state index is 13.3. The minimum atomic E-state index is -0.0111. The molecular formula is C23H29O3S+. The average molecular weight is 386 g/mol. The fourth-order valence-corrected chi connectivity index (χ4v) is 6.84. The van der Waals surface area contributed by atoms with Crippen LogP contribution in [-0.2, 0) is 10.9 Å². The molecule has 0 bridgehead atoms. The van der Waals surface area contributed by atoms with E-state index in [0.29, 0.717) is 0 Å². The van der Waals surface area contributed by atoms with Crippen molar-refractivity contribution >= 4 is 16.7 Å². The third kappa shape index (κ3) is 4.86. The Morgan fingerprint density at radius 2 is 1.37 bits per heavy atom. The molecule has 1 aliphatic rings. The molecule has 0 aromatic heterocycles. The van der Waals surface area contributed by atoms with Crippen molar-refractivity contribution < 1.29 is 14.3 Å². The second-order valence-electron chi connectivity index (χ2n) is 8.07. The first kappa shape index (κ1) is 19.8. The lowest BCUT2D eigenvalue weighted by atomic mass is 9.87. The molecule has 0 spiro atoms. The Kier molecular flexibility index (Phi) is 6.15. The van der Waals surface area contributed by atoms with Gasteiger partial charge in [-0.05, 0) is 72.3 Å². The number of hydrogen-bond acceptors (Lipinski definition) is 3. The van der Waals surface area contributed by atoms with Gasteiger partial charge in [-0.15, -0.1) is 0 Å². The molecule has 1 fully saturated rings. The number of carbonyl (C=O) groups is 1. The quantitative estimate of drug-likeness (QED) is 0.487. The van der Waals surface area contributed by atoms with Gasteiger partial charge >= 0.3 is 0 Å². The summed E-state index contributed by atoms with van der Waals surface area (Å²) in [6.07, 6.45) is 2.52. The number of benzene rings is 2. The molecule has 1 heterocycles.